The van der Waals surface area contributed by atoms with Crippen LogP contribution in [0.25, 0.3) is 0 Å². The van der Waals surface area contributed by atoms with Crippen LogP contribution < -0.4 is 10.0 Å². The molecule has 0 atom stereocenters. The van der Waals surface area contributed by atoms with E-state index in [-0.39, 0.29) is 0 Å². The minimum atomic E-state index is -3.39. The molecule has 2 rings (SSSR count). The van der Waals surface area contributed by atoms with Crippen LogP contribution in [0.5, 0.6) is 0 Å². The van der Waals surface area contributed by atoms with Crippen molar-refractivity contribution in [3.8, 4) is 0 Å². The molecule has 1 fully saturated rings. The van der Waals surface area contributed by atoms with E-state index in [2.05, 4.69) is 35.4 Å². The molecule has 0 amide bonds. The molecule has 1 saturated carbocycles. The SMILES string of the molecule is CCNCc1cc(S(=O)(=O)NCCC(C)C)cn1C1CC1. The second kappa shape index (κ2) is 6.94. The van der Waals surface area contributed by atoms with Gasteiger partial charge in [-0.1, -0.05) is 20.8 Å². The van der Waals surface area contributed by atoms with Crippen LogP contribution in [0.15, 0.2) is 17.2 Å². The summed E-state index contributed by atoms with van der Waals surface area (Å²) in [6.07, 6.45) is 4.94. The Bertz CT molecular complexity index is 559. The standard InChI is InChI=1S/C15H27N3O2S/c1-4-16-10-14-9-15(11-18(14)13-5-6-13)21(19,20)17-8-7-12(2)3/h9,11-13,16-17H,4-8,10H2,1-3H3. The highest BCUT2D eigenvalue weighted by Crippen LogP contribution is 2.37. The van der Waals surface area contributed by atoms with Crippen LogP contribution in [-0.2, 0) is 16.6 Å². The Labute approximate surface area is 128 Å². The van der Waals surface area contributed by atoms with Crippen molar-refractivity contribution in [2.75, 3.05) is 13.1 Å². The monoisotopic (exact) mass is 313 g/mol. The van der Waals surface area contributed by atoms with Crippen molar-refractivity contribution < 1.29 is 8.42 Å². The molecule has 0 radical (unpaired) electrons. The Morgan fingerprint density at radius 1 is 1.38 bits per heavy atom. The number of rotatable bonds is 9. The van der Waals surface area contributed by atoms with Crippen molar-refractivity contribution in [2.45, 2.75) is 57.5 Å². The van der Waals surface area contributed by atoms with E-state index in [1.54, 1.807) is 12.3 Å². The quantitative estimate of drug-likeness (QED) is 0.735. The van der Waals surface area contributed by atoms with E-state index < -0.39 is 10.0 Å². The zero-order valence-corrected chi connectivity index (χ0v) is 14.0. The molecule has 1 aromatic heterocycles. The number of nitrogens with one attached hydrogen (secondary N) is 2. The van der Waals surface area contributed by atoms with E-state index in [1.165, 1.54) is 0 Å². The smallest absolute Gasteiger partial charge is 0.242 e. The highest BCUT2D eigenvalue weighted by molar-refractivity contribution is 7.89. The van der Waals surface area contributed by atoms with Crippen molar-refractivity contribution in [3.05, 3.63) is 18.0 Å². The molecular weight excluding hydrogens is 286 g/mol. The van der Waals surface area contributed by atoms with Crippen LogP contribution in [0, 0.1) is 5.92 Å². The molecule has 0 aliphatic heterocycles. The molecule has 120 valence electrons. The summed E-state index contributed by atoms with van der Waals surface area (Å²) in [7, 11) is -3.39. The number of hydrogen-bond donors (Lipinski definition) is 2. The first-order chi connectivity index (χ1) is 9.94. The second-order valence-electron chi connectivity index (χ2n) is 6.17. The Morgan fingerprint density at radius 3 is 2.67 bits per heavy atom. The Kier molecular flexibility index (Phi) is 5.46. The third-order valence-electron chi connectivity index (χ3n) is 3.73. The molecule has 0 saturated heterocycles. The third kappa shape index (κ3) is 4.56. The second-order valence-corrected chi connectivity index (χ2v) is 7.93. The van der Waals surface area contributed by atoms with Crippen LogP contribution >= 0.6 is 0 Å². The molecule has 1 aliphatic carbocycles. The number of hydrogen-bond acceptors (Lipinski definition) is 3. The Balaban J connectivity index is 2.11. The molecule has 1 aromatic rings. The molecule has 5 nitrogen and oxygen atoms in total. The molecule has 1 aliphatic rings. The van der Waals surface area contributed by atoms with Crippen LogP contribution in [0.1, 0.15) is 51.8 Å². The van der Waals surface area contributed by atoms with Crippen molar-refractivity contribution >= 4 is 10.0 Å². The lowest BCUT2D eigenvalue weighted by Crippen LogP contribution is -2.25. The summed E-state index contributed by atoms with van der Waals surface area (Å²) < 4.78 is 29.5. The summed E-state index contributed by atoms with van der Waals surface area (Å²) >= 11 is 0. The first-order valence-electron chi connectivity index (χ1n) is 7.85. The fraction of sp³-hybridized carbons (Fsp3) is 0.733. The summed E-state index contributed by atoms with van der Waals surface area (Å²) in [6.45, 7) is 8.32. The summed E-state index contributed by atoms with van der Waals surface area (Å²) in [5, 5.41) is 3.27. The molecule has 0 aromatic carbocycles. The van der Waals surface area contributed by atoms with Crippen molar-refractivity contribution in [1.29, 1.82) is 0 Å². The van der Waals surface area contributed by atoms with Gasteiger partial charge in [0.15, 0.2) is 0 Å². The number of nitrogens with zero attached hydrogens (tertiary/aromatic N) is 1. The van der Waals surface area contributed by atoms with E-state index in [1.807, 2.05) is 0 Å². The van der Waals surface area contributed by atoms with E-state index in [0.29, 0.717) is 29.9 Å². The Hall–Kier alpha value is -0.850. The highest BCUT2D eigenvalue weighted by atomic mass is 32.2. The van der Waals surface area contributed by atoms with Crippen molar-refractivity contribution in [3.63, 3.8) is 0 Å². The van der Waals surface area contributed by atoms with E-state index in [4.69, 9.17) is 0 Å². The topological polar surface area (TPSA) is 63.1 Å². The molecule has 0 bridgehead atoms. The van der Waals surface area contributed by atoms with Gasteiger partial charge in [-0.3, -0.25) is 0 Å². The largest absolute Gasteiger partial charge is 0.346 e. The van der Waals surface area contributed by atoms with E-state index in [0.717, 1.165) is 31.5 Å². The minimum absolute atomic E-state index is 0.394. The van der Waals surface area contributed by atoms with Crippen LogP contribution in [-0.4, -0.2) is 26.1 Å². The Morgan fingerprint density at radius 2 is 2.10 bits per heavy atom. The summed E-state index contributed by atoms with van der Waals surface area (Å²) in [5.41, 5.74) is 1.06. The molecule has 1 heterocycles. The minimum Gasteiger partial charge on any atom is -0.346 e. The first kappa shape index (κ1) is 16.5. The predicted octanol–water partition coefficient (Wildman–Crippen LogP) is 2.26. The summed E-state index contributed by atoms with van der Waals surface area (Å²) in [6, 6.07) is 2.29. The van der Waals surface area contributed by atoms with Gasteiger partial charge in [0, 0.05) is 31.0 Å². The third-order valence-corrected chi connectivity index (χ3v) is 5.16. The first-order valence-corrected chi connectivity index (χ1v) is 9.33. The molecule has 0 unspecified atom stereocenters. The van der Waals surface area contributed by atoms with Gasteiger partial charge < -0.3 is 9.88 Å². The van der Waals surface area contributed by atoms with Gasteiger partial charge in [0.05, 0.1) is 4.90 Å². The van der Waals surface area contributed by atoms with Crippen LogP contribution in [0.4, 0.5) is 0 Å². The van der Waals surface area contributed by atoms with Gasteiger partial charge in [0.25, 0.3) is 0 Å². The molecule has 21 heavy (non-hydrogen) atoms. The van der Waals surface area contributed by atoms with Gasteiger partial charge in [-0.15, -0.1) is 0 Å². The highest BCUT2D eigenvalue weighted by Gasteiger charge is 2.28. The van der Waals surface area contributed by atoms with Gasteiger partial charge >= 0.3 is 0 Å². The lowest BCUT2D eigenvalue weighted by molar-refractivity contribution is 0.551. The van der Waals surface area contributed by atoms with Crippen LogP contribution in [0.3, 0.4) is 0 Å². The van der Waals surface area contributed by atoms with Gasteiger partial charge in [-0.2, -0.15) is 0 Å². The molecular formula is C15H27N3O2S. The van der Waals surface area contributed by atoms with Crippen LogP contribution in [0.2, 0.25) is 0 Å². The molecule has 2 N–H and O–H groups in total. The van der Waals surface area contributed by atoms with Crippen molar-refractivity contribution in [1.82, 2.24) is 14.6 Å². The van der Waals surface area contributed by atoms with Gasteiger partial charge in [0.2, 0.25) is 10.0 Å². The van der Waals surface area contributed by atoms with Gasteiger partial charge in [0.1, 0.15) is 0 Å². The summed E-state index contributed by atoms with van der Waals surface area (Å²) in [5.74, 6) is 0.494. The van der Waals surface area contributed by atoms with E-state index >= 15 is 0 Å². The maximum absolute atomic E-state index is 12.4. The zero-order chi connectivity index (χ0) is 15.5. The normalized spacial score (nSPS) is 15.8. The average molecular weight is 313 g/mol. The maximum atomic E-state index is 12.4. The lowest BCUT2D eigenvalue weighted by Gasteiger charge is -2.07. The van der Waals surface area contributed by atoms with E-state index in [9.17, 15) is 8.42 Å². The molecule has 0 spiro atoms. The van der Waals surface area contributed by atoms with Crippen molar-refractivity contribution in [2.24, 2.45) is 5.92 Å². The van der Waals surface area contributed by atoms with Gasteiger partial charge in [-0.25, -0.2) is 13.1 Å². The lowest BCUT2D eigenvalue weighted by atomic mass is 10.1. The zero-order valence-electron chi connectivity index (χ0n) is 13.2. The summed E-state index contributed by atoms with van der Waals surface area (Å²) in [4.78, 5) is 0.394. The molecule has 6 heteroatoms. The number of aromatic nitrogens is 1. The number of sulfonamides is 1. The predicted molar refractivity (Wildman–Crippen MR) is 84.7 cm³/mol. The fourth-order valence-corrected chi connectivity index (χ4v) is 3.39. The maximum Gasteiger partial charge on any atom is 0.242 e. The average Bonchev–Trinajstić information content (AvgIpc) is 3.15. The fourth-order valence-electron chi connectivity index (χ4n) is 2.30. The van der Waals surface area contributed by atoms with Gasteiger partial charge in [-0.05, 0) is 37.8 Å².